The molecule has 2 aromatic rings. The molecule has 0 atom stereocenters. The average molecular weight is 321 g/mol. The standard InChI is InChI=1S/C16H10F3NO3/c1-23-13-7-6-9(8-12(13)16(17,18)19)20-14(21)10-4-2-3-5-11(10)15(20)22/h2-8H,1H3. The fourth-order valence-corrected chi connectivity index (χ4v) is 2.48. The molecule has 0 bridgehead atoms. The van der Waals surface area contributed by atoms with Crippen molar-refractivity contribution in [3.8, 4) is 5.75 Å². The summed E-state index contributed by atoms with van der Waals surface area (Å²) in [6, 6.07) is 9.16. The van der Waals surface area contributed by atoms with E-state index in [-0.39, 0.29) is 22.6 Å². The molecule has 0 aliphatic carbocycles. The van der Waals surface area contributed by atoms with Gasteiger partial charge in [0.25, 0.3) is 11.8 Å². The lowest BCUT2D eigenvalue weighted by molar-refractivity contribution is -0.138. The maximum Gasteiger partial charge on any atom is 0.420 e. The van der Waals surface area contributed by atoms with E-state index in [1.54, 1.807) is 12.1 Å². The number of hydrogen-bond acceptors (Lipinski definition) is 3. The smallest absolute Gasteiger partial charge is 0.420 e. The number of carbonyl (C=O) groups excluding carboxylic acids is 2. The van der Waals surface area contributed by atoms with E-state index in [1.807, 2.05) is 0 Å². The zero-order valence-electron chi connectivity index (χ0n) is 11.8. The number of nitrogens with zero attached hydrogens (tertiary/aromatic N) is 1. The highest BCUT2D eigenvalue weighted by molar-refractivity contribution is 6.34. The van der Waals surface area contributed by atoms with Gasteiger partial charge < -0.3 is 4.74 Å². The van der Waals surface area contributed by atoms with Crippen LogP contribution in [0, 0.1) is 0 Å². The van der Waals surface area contributed by atoms with Crippen LogP contribution in [0.3, 0.4) is 0 Å². The number of methoxy groups -OCH3 is 1. The highest BCUT2D eigenvalue weighted by Gasteiger charge is 2.39. The normalized spacial score (nSPS) is 14.2. The molecule has 7 heteroatoms. The molecular formula is C16H10F3NO3. The summed E-state index contributed by atoms with van der Waals surface area (Å²) in [4.78, 5) is 25.4. The molecule has 0 N–H and O–H groups in total. The van der Waals surface area contributed by atoms with Crippen molar-refractivity contribution < 1.29 is 27.5 Å². The Bertz CT molecular complexity index is 779. The molecule has 0 spiro atoms. The van der Waals surface area contributed by atoms with Crippen LogP contribution in [0.1, 0.15) is 26.3 Å². The van der Waals surface area contributed by atoms with Gasteiger partial charge in [-0.1, -0.05) is 12.1 Å². The first-order valence-corrected chi connectivity index (χ1v) is 6.57. The number of rotatable bonds is 2. The van der Waals surface area contributed by atoms with Gasteiger partial charge in [0.1, 0.15) is 5.75 Å². The van der Waals surface area contributed by atoms with Crippen LogP contribution >= 0.6 is 0 Å². The number of ether oxygens (including phenoxy) is 1. The van der Waals surface area contributed by atoms with Crippen molar-refractivity contribution in [3.05, 3.63) is 59.2 Å². The van der Waals surface area contributed by atoms with Crippen molar-refractivity contribution in [3.63, 3.8) is 0 Å². The van der Waals surface area contributed by atoms with Crippen LogP contribution in [0.2, 0.25) is 0 Å². The summed E-state index contributed by atoms with van der Waals surface area (Å²) < 4.78 is 44.0. The predicted octanol–water partition coefficient (Wildman–Crippen LogP) is 3.51. The first-order valence-electron chi connectivity index (χ1n) is 6.57. The molecule has 0 saturated heterocycles. The van der Waals surface area contributed by atoms with Gasteiger partial charge in [-0.05, 0) is 30.3 Å². The average Bonchev–Trinajstić information content (AvgIpc) is 2.78. The Morgan fingerprint density at radius 3 is 2.00 bits per heavy atom. The predicted molar refractivity (Wildman–Crippen MR) is 75.6 cm³/mol. The lowest BCUT2D eigenvalue weighted by atomic mass is 10.1. The number of hydrogen-bond donors (Lipinski definition) is 0. The van der Waals surface area contributed by atoms with E-state index in [9.17, 15) is 22.8 Å². The van der Waals surface area contributed by atoms with E-state index in [4.69, 9.17) is 4.74 Å². The van der Waals surface area contributed by atoms with Gasteiger partial charge >= 0.3 is 6.18 Å². The number of amides is 2. The first-order chi connectivity index (χ1) is 10.8. The number of halogens is 3. The second kappa shape index (κ2) is 5.12. The van der Waals surface area contributed by atoms with E-state index in [0.29, 0.717) is 0 Å². The molecule has 0 aromatic heterocycles. The maximum atomic E-state index is 13.1. The number of benzene rings is 2. The first kappa shape index (κ1) is 15.1. The SMILES string of the molecule is COc1ccc(N2C(=O)c3ccccc3C2=O)cc1C(F)(F)F. The summed E-state index contributed by atoms with van der Waals surface area (Å²) in [6.45, 7) is 0. The van der Waals surface area contributed by atoms with Crippen molar-refractivity contribution >= 4 is 17.5 Å². The fourth-order valence-electron chi connectivity index (χ4n) is 2.48. The molecule has 0 fully saturated rings. The van der Waals surface area contributed by atoms with Crippen LogP contribution in [0.4, 0.5) is 18.9 Å². The Labute approximate surface area is 129 Å². The lowest BCUT2D eigenvalue weighted by Gasteiger charge is -2.18. The number of fused-ring (bicyclic) bond motifs is 1. The summed E-state index contributed by atoms with van der Waals surface area (Å²) in [5, 5.41) is 0. The van der Waals surface area contributed by atoms with Gasteiger partial charge in [0, 0.05) is 0 Å². The molecule has 1 aliphatic heterocycles. The number of alkyl halides is 3. The zero-order chi connectivity index (χ0) is 16.8. The molecular weight excluding hydrogens is 311 g/mol. The van der Waals surface area contributed by atoms with Crippen LogP contribution < -0.4 is 9.64 Å². The second-order valence-corrected chi connectivity index (χ2v) is 4.87. The van der Waals surface area contributed by atoms with Crippen LogP contribution in [-0.4, -0.2) is 18.9 Å². The van der Waals surface area contributed by atoms with Gasteiger partial charge in [0.15, 0.2) is 0 Å². The fraction of sp³-hybridized carbons (Fsp3) is 0.125. The zero-order valence-corrected chi connectivity index (χ0v) is 11.8. The molecule has 1 heterocycles. The Morgan fingerprint density at radius 2 is 1.52 bits per heavy atom. The number of carbonyl (C=O) groups is 2. The molecule has 2 aromatic carbocycles. The van der Waals surface area contributed by atoms with Crippen molar-refractivity contribution in [1.29, 1.82) is 0 Å². The van der Waals surface area contributed by atoms with Crippen molar-refractivity contribution in [2.75, 3.05) is 12.0 Å². The minimum Gasteiger partial charge on any atom is -0.496 e. The van der Waals surface area contributed by atoms with Crippen molar-refractivity contribution in [2.24, 2.45) is 0 Å². The molecule has 0 saturated carbocycles. The van der Waals surface area contributed by atoms with Crippen LogP contribution in [0.15, 0.2) is 42.5 Å². The Hall–Kier alpha value is -2.83. The molecule has 0 unspecified atom stereocenters. The van der Waals surface area contributed by atoms with E-state index in [0.717, 1.165) is 24.1 Å². The van der Waals surface area contributed by atoms with Gasteiger partial charge in [-0.3, -0.25) is 9.59 Å². The number of anilines is 1. The van der Waals surface area contributed by atoms with Crippen LogP contribution in [-0.2, 0) is 6.18 Å². The second-order valence-electron chi connectivity index (χ2n) is 4.87. The van der Waals surface area contributed by atoms with Gasteiger partial charge in [-0.25, -0.2) is 4.90 Å². The molecule has 3 rings (SSSR count). The summed E-state index contributed by atoms with van der Waals surface area (Å²) in [5.74, 6) is -1.68. The summed E-state index contributed by atoms with van der Waals surface area (Å²) in [5.41, 5.74) is -0.859. The van der Waals surface area contributed by atoms with E-state index >= 15 is 0 Å². The molecule has 1 aliphatic rings. The molecule has 118 valence electrons. The molecule has 23 heavy (non-hydrogen) atoms. The Morgan fingerprint density at radius 1 is 0.957 bits per heavy atom. The highest BCUT2D eigenvalue weighted by Crippen LogP contribution is 2.39. The Balaban J connectivity index is 2.11. The van der Waals surface area contributed by atoms with E-state index in [1.165, 1.54) is 18.2 Å². The minimum atomic E-state index is -4.67. The third kappa shape index (κ3) is 2.34. The maximum absolute atomic E-state index is 13.1. The minimum absolute atomic E-state index is 0.149. The van der Waals surface area contributed by atoms with Gasteiger partial charge in [0.05, 0.1) is 29.5 Å². The quantitative estimate of drug-likeness (QED) is 0.795. The lowest BCUT2D eigenvalue weighted by Crippen LogP contribution is -2.29. The molecule has 2 amide bonds. The summed E-state index contributed by atoms with van der Waals surface area (Å²) in [7, 11) is 1.12. The molecule has 0 radical (unpaired) electrons. The van der Waals surface area contributed by atoms with E-state index in [2.05, 4.69) is 0 Å². The monoisotopic (exact) mass is 321 g/mol. The van der Waals surface area contributed by atoms with Crippen molar-refractivity contribution in [1.82, 2.24) is 0 Å². The summed E-state index contributed by atoms with van der Waals surface area (Å²) >= 11 is 0. The third-order valence-electron chi connectivity index (χ3n) is 3.54. The highest BCUT2D eigenvalue weighted by atomic mass is 19.4. The Kier molecular flexibility index (Phi) is 3.35. The third-order valence-corrected chi connectivity index (χ3v) is 3.54. The van der Waals surface area contributed by atoms with E-state index < -0.39 is 23.6 Å². The number of imide groups is 1. The van der Waals surface area contributed by atoms with Gasteiger partial charge in [-0.15, -0.1) is 0 Å². The molecule has 4 nitrogen and oxygen atoms in total. The van der Waals surface area contributed by atoms with Gasteiger partial charge in [0.2, 0.25) is 0 Å². The van der Waals surface area contributed by atoms with Crippen molar-refractivity contribution in [2.45, 2.75) is 6.18 Å². The largest absolute Gasteiger partial charge is 0.496 e. The summed E-state index contributed by atoms with van der Waals surface area (Å²) in [6.07, 6.45) is -4.67. The van der Waals surface area contributed by atoms with Crippen LogP contribution in [0.5, 0.6) is 5.75 Å². The topological polar surface area (TPSA) is 46.6 Å². The van der Waals surface area contributed by atoms with Crippen LogP contribution in [0.25, 0.3) is 0 Å². The van der Waals surface area contributed by atoms with Gasteiger partial charge in [-0.2, -0.15) is 13.2 Å².